The second-order valence-electron chi connectivity index (χ2n) is 9.64. The Kier molecular flexibility index (Phi) is 5.90. The van der Waals surface area contributed by atoms with Gasteiger partial charge in [-0.25, -0.2) is 14.2 Å². The van der Waals surface area contributed by atoms with Crippen molar-refractivity contribution in [3.05, 3.63) is 41.6 Å². The zero-order valence-electron chi connectivity index (χ0n) is 19.9. The number of piperidine rings is 1. The van der Waals surface area contributed by atoms with E-state index in [1.54, 1.807) is 0 Å². The minimum Gasteiger partial charge on any atom is -0.422 e. The molecular formula is C22H20F7N7O2. The van der Waals surface area contributed by atoms with Gasteiger partial charge in [-0.2, -0.15) is 31.4 Å². The summed E-state index contributed by atoms with van der Waals surface area (Å²) in [7, 11) is 1.44. The lowest BCUT2D eigenvalue weighted by Crippen LogP contribution is -2.70. The third-order valence-electron chi connectivity index (χ3n) is 6.69. The Morgan fingerprint density at radius 1 is 1.18 bits per heavy atom. The van der Waals surface area contributed by atoms with Crippen LogP contribution in [0.3, 0.4) is 0 Å². The van der Waals surface area contributed by atoms with Crippen LogP contribution in [0.15, 0.2) is 22.9 Å². The molecule has 3 aromatic rings. The first-order chi connectivity index (χ1) is 17.7. The summed E-state index contributed by atoms with van der Waals surface area (Å²) < 4.78 is 101. The number of aromatic nitrogens is 5. The first-order valence-corrected chi connectivity index (χ1v) is 11.4. The third kappa shape index (κ3) is 4.55. The van der Waals surface area contributed by atoms with Crippen LogP contribution in [-0.4, -0.2) is 48.1 Å². The van der Waals surface area contributed by atoms with Crippen molar-refractivity contribution in [3.63, 3.8) is 0 Å². The number of nitrogens with one attached hydrogen (secondary N) is 1. The fourth-order valence-corrected chi connectivity index (χ4v) is 5.36. The number of benzene rings is 1. The van der Waals surface area contributed by atoms with E-state index in [-0.39, 0.29) is 29.7 Å². The summed E-state index contributed by atoms with van der Waals surface area (Å²) in [4.78, 5) is 18.4. The highest BCUT2D eigenvalue weighted by Gasteiger charge is 2.62. The molecule has 0 radical (unpaired) electrons. The molecule has 4 heterocycles. The van der Waals surface area contributed by atoms with Gasteiger partial charge in [-0.05, 0) is 30.9 Å². The van der Waals surface area contributed by atoms with E-state index < -0.39 is 58.9 Å². The maximum Gasteiger partial charge on any atom is 0.417 e. The lowest BCUT2D eigenvalue weighted by Gasteiger charge is -2.61. The van der Waals surface area contributed by atoms with Crippen molar-refractivity contribution >= 4 is 11.7 Å². The zero-order valence-corrected chi connectivity index (χ0v) is 19.9. The predicted octanol–water partition coefficient (Wildman–Crippen LogP) is 5.06. The van der Waals surface area contributed by atoms with E-state index >= 15 is 0 Å². The van der Waals surface area contributed by atoms with Gasteiger partial charge in [-0.1, -0.05) is 6.92 Å². The molecule has 1 N–H and O–H groups in total. The number of nitrogens with zero attached hydrogens (tertiary/aromatic N) is 6. The first-order valence-electron chi connectivity index (χ1n) is 11.4. The number of rotatable bonds is 4. The highest BCUT2D eigenvalue weighted by Crippen LogP contribution is 2.55. The van der Waals surface area contributed by atoms with E-state index in [0.717, 1.165) is 6.07 Å². The molecule has 2 amide bonds. The molecule has 0 spiro atoms. The monoisotopic (exact) mass is 547 g/mol. The smallest absolute Gasteiger partial charge is 0.417 e. The summed E-state index contributed by atoms with van der Waals surface area (Å²) in [5, 5.41) is 13.4. The number of aryl methyl sites for hydroxylation is 1. The summed E-state index contributed by atoms with van der Waals surface area (Å²) in [6, 6.07) is -0.199. The molecule has 38 heavy (non-hydrogen) atoms. The van der Waals surface area contributed by atoms with Crippen LogP contribution < -0.4 is 5.32 Å². The Labute approximate surface area is 210 Å². The highest BCUT2D eigenvalue weighted by molar-refractivity contribution is 5.92. The number of anilines is 1. The lowest BCUT2D eigenvalue weighted by molar-refractivity contribution is -0.137. The lowest BCUT2D eigenvalue weighted by atomic mass is 9.64. The van der Waals surface area contributed by atoms with Gasteiger partial charge in [0.25, 0.3) is 0 Å². The SMILES string of the molecule is C[C@@H]1C[C@H]2C[C@@](c3nnc(CC(F)(F)F)o3)(C1)N2C(=O)Nc1cc(-c2ncn(C)n2)c(C(F)(F)F)cc1F. The van der Waals surface area contributed by atoms with Crippen molar-refractivity contribution in [2.45, 2.75) is 56.5 Å². The summed E-state index contributed by atoms with van der Waals surface area (Å²) in [6.07, 6.45) is -8.61. The number of hydrogen-bond acceptors (Lipinski definition) is 6. The molecule has 3 fully saturated rings. The van der Waals surface area contributed by atoms with Crippen LogP contribution in [0.25, 0.3) is 11.4 Å². The van der Waals surface area contributed by atoms with Crippen LogP contribution in [0.2, 0.25) is 0 Å². The number of hydrogen-bond donors (Lipinski definition) is 1. The van der Waals surface area contributed by atoms with E-state index in [2.05, 4.69) is 25.6 Å². The molecule has 9 nitrogen and oxygen atoms in total. The zero-order chi connectivity index (χ0) is 27.6. The molecule has 204 valence electrons. The third-order valence-corrected chi connectivity index (χ3v) is 6.69. The number of halogens is 7. The molecular weight excluding hydrogens is 527 g/mol. The molecule has 2 aliphatic heterocycles. The van der Waals surface area contributed by atoms with E-state index in [1.807, 2.05) is 6.92 Å². The number of alkyl halides is 6. The van der Waals surface area contributed by atoms with Gasteiger partial charge < -0.3 is 14.6 Å². The molecule has 0 unspecified atom stereocenters. The van der Waals surface area contributed by atoms with E-state index in [1.165, 1.54) is 23.0 Å². The number of amides is 2. The Hall–Kier alpha value is -3.72. The van der Waals surface area contributed by atoms with Crippen molar-refractivity contribution in [1.82, 2.24) is 29.9 Å². The Bertz CT molecular complexity index is 1380. The molecule has 2 aromatic heterocycles. The van der Waals surface area contributed by atoms with Gasteiger partial charge >= 0.3 is 18.4 Å². The van der Waals surface area contributed by atoms with Gasteiger partial charge in [0.2, 0.25) is 11.8 Å². The standard InChI is InChI=1S/C22H20F7N7O2/c1-10-3-11-7-20(6-10,18-33-32-16(38-18)8-21(24,25)26)36(11)19(37)31-15-4-12(17-30-9-35(2)34-17)13(5-14(15)23)22(27,28)29/h4-5,9-11H,3,6-8H2,1-2H3,(H,31,37)/t10-,11+,20-/m1/s1. The van der Waals surface area contributed by atoms with Crippen LogP contribution in [-0.2, 0) is 25.2 Å². The Balaban J connectivity index is 1.47. The van der Waals surface area contributed by atoms with Gasteiger partial charge in [0.15, 0.2) is 5.82 Å². The van der Waals surface area contributed by atoms with Crippen LogP contribution in [0.4, 0.5) is 41.2 Å². The molecule has 16 heteroatoms. The normalized spacial score (nSPS) is 23.3. The average Bonchev–Trinajstić information content (AvgIpc) is 3.41. The summed E-state index contributed by atoms with van der Waals surface area (Å²) in [5.41, 5.74) is -3.65. The largest absolute Gasteiger partial charge is 0.422 e. The maximum absolute atomic E-state index is 14.8. The van der Waals surface area contributed by atoms with Crippen LogP contribution in [0.1, 0.15) is 43.5 Å². The van der Waals surface area contributed by atoms with E-state index in [4.69, 9.17) is 4.42 Å². The fourth-order valence-electron chi connectivity index (χ4n) is 5.36. The second-order valence-corrected chi connectivity index (χ2v) is 9.64. The van der Waals surface area contributed by atoms with Gasteiger partial charge in [-0.3, -0.25) is 4.68 Å². The highest BCUT2D eigenvalue weighted by atomic mass is 19.4. The molecule has 3 atom stereocenters. The predicted molar refractivity (Wildman–Crippen MR) is 115 cm³/mol. The summed E-state index contributed by atoms with van der Waals surface area (Å²) in [6.45, 7) is 1.89. The van der Waals surface area contributed by atoms with Crippen molar-refractivity contribution in [1.29, 1.82) is 0 Å². The first kappa shape index (κ1) is 25.9. The van der Waals surface area contributed by atoms with Gasteiger partial charge in [0, 0.05) is 25.1 Å². The van der Waals surface area contributed by atoms with Crippen molar-refractivity contribution in [3.8, 4) is 11.4 Å². The molecule has 2 bridgehead atoms. The number of carbonyl (C=O) groups is 1. The molecule has 1 saturated carbocycles. The Morgan fingerprint density at radius 3 is 2.55 bits per heavy atom. The summed E-state index contributed by atoms with van der Waals surface area (Å²) in [5.74, 6) is -2.46. The van der Waals surface area contributed by atoms with Gasteiger partial charge in [0.05, 0.1) is 11.3 Å². The van der Waals surface area contributed by atoms with Gasteiger partial charge in [-0.15, -0.1) is 10.2 Å². The number of urea groups is 1. The minimum absolute atomic E-state index is 0.0559. The van der Waals surface area contributed by atoms with E-state index in [0.29, 0.717) is 19.3 Å². The topological polar surface area (TPSA) is 102 Å². The van der Waals surface area contributed by atoms with Crippen LogP contribution in [0, 0.1) is 11.7 Å². The van der Waals surface area contributed by atoms with Crippen molar-refractivity contribution in [2.24, 2.45) is 13.0 Å². The van der Waals surface area contributed by atoms with Gasteiger partial charge in [0.1, 0.15) is 24.1 Å². The van der Waals surface area contributed by atoms with Crippen LogP contribution >= 0.6 is 0 Å². The van der Waals surface area contributed by atoms with Crippen molar-refractivity contribution < 1.29 is 39.9 Å². The maximum atomic E-state index is 14.8. The number of carbonyl (C=O) groups excluding carboxylic acids is 1. The molecule has 6 rings (SSSR count). The molecule has 3 aliphatic rings. The Morgan fingerprint density at radius 2 is 1.92 bits per heavy atom. The van der Waals surface area contributed by atoms with E-state index in [9.17, 15) is 35.5 Å². The summed E-state index contributed by atoms with van der Waals surface area (Å²) >= 11 is 0. The second kappa shape index (κ2) is 8.66. The van der Waals surface area contributed by atoms with Crippen LogP contribution in [0.5, 0.6) is 0 Å². The fraction of sp³-hybridized carbons (Fsp3) is 0.500. The molecule has 2 saturated heterocycles. The quantitative estimate of drug-likeness (QED) is 0.459. The molecule has 1 aromatic carbocycles. The number of fused-ring (bicyclic) bond motifs is 2. The molecule has 1 aliphatic carbocycles. The average molecular weight is 547 g/mol. The van der Waals surface area contributed by atoms with Crippen molar-refractivity contribution in [2.75, 3.05) is 5.32 Å². The minimum atomic E-state index is -4.93.